The molecule has 0 bridgehead atoms. The fourth-order valence-corrected chi connectivity index (χ4v) is 2.89. The van der Waals surface area contributed by atoms with Gasteiger partial charge in [0, 0.05) is 14.1 Å². The van der Waals surface area contributed by atoms with E-state index in [4.69, 9.17) is 0 Å². The van der Waals surface area contributed by atoms with Gasteiger partial charge in [-0.15, -0.1) is 0 Å². The molecule has 0 aromatic heterocycles. The Morgan fingerprint density at radius 1 is 1.05 bits per heavy atom. The maximum absolute atomic E-state index is 12.2. The molecule has 0 aliphatic rings. The van der Waals surface area contributed by atoms with Gasteiger partial charge in [0.25, 0.3) is 10.0 Å². The molecule has 0 fully saturated rings. The van der Waals surface area contributed by atoms with Crippen molar-refractivity contribution >= 4 is 32.6 Å². The Hall–Kier alpha value is -2.41. The van der Waals surface area contributed by atoms with E-state index in [1.54, 1.807) is 18.2 Å². The van der Waals surface area contributed by atoms with E-state index >= 15 is 0 Å². The van der Waals surface area contributed by atoms with Crippen molar-refractivity contribution in [2.45, 2.75) is 11.3 Å². The highest BCUT2D eigenvalue weighted by molar-refractivity contribution is 7.90. The van der Waals surface area contributed by atoms with E-state index in [2.05, 4.69) is 0 Å². The van der Waals surface area contributed by atoms with Crippen molar-refractivity contribution in [3.63, 3.8) is 0 Å². The molecule has 116 valence electrons. The minimum Gasteiger partial charge on any atom is -0.348 e. The lowest BCUT2D eigenvalue weighted by Crippen LogP contribution is -2.35. The third-order valence-electron chi connectivity index (χ3n) is 3.09. The van der Waals surface area contributed by atoms with Crippen molar-refractivity contribution in [1.82, 2.24) is 9.62 Å². The number of benzene rings is 2. The number of carbonyl (C=O) groups is 2. The summed E-state index contributed by atoms with van der Waals surface area (Å²) in [6.45, 7) is 0. The van der Waals surface area contributed by atoms with Crippen molar-refractivity contribution < 1.29 is 18.0 Å². The lowest BCUT2D eigenvalue weighted by atomic mass is 10.1. The van der Waals surface area contributed by atoms with Gasteiger partial charge in [0.1, 0.15) is 6.42 Å². The summed E-state index contributed by atoms with van der Waals surface area (Å²) in [5.74, 6) is -1.32. The summed E-state index contributed by atoms with van der Waals surface area (Å²) in [4.78, 5) is 24.3. The molecule has 2 rings (SSSR count). The highest BCUT2D eigenvalue weighted by Crippen LogP contribution is 2.18. The van der Waals surface area contributed by atoms with Crippen LogP contribution in [0.25, 0.3) is 10.8 Å². The van der Waals surface area contributed by atoms with Crippen LogP contribution < -0.4 is 4.72 Å². The molecule has 0 aliphatic carbocycles. The van der Waals surface area contributed by atoms with E-state index in [9.17, 15) is 18.0 Å². The molecule has 0 heterocycles. The zero-order valence-electron chi connectivity index (χ0n) is 12.2. The van der Waals surface area contributed by atoms with Gasteiger partial charge >= 0.3 is 0 Å². The summed E-state index contributed by atoms with van der Waals surface area (Å²) in [6, 6.07) is 11.9. The lowest BCUT2D eigenvalue weighted by molar-refractivity contribution is -0.133. The van der Waals surface area contributed by atoms with Crippen molar-refractivity contribution in [3.05, 3.63) is 42.5 Å². The number of amides is 2. The van der Waals surface area contributed by atoms with Gasteiger partial charge in [-0.1, -0.05) is 30.3 Å². The smallest absolute Gasteiger partial charge is 0.264 e. The van der Waals surface area contributed by atoms with Crippen LogP contribution >= 0.6 is 0 Å². The Balaban J connectivity index is 2.21. The Bertz CT molecular complexity index is 828. The number of sulfonamides is 1. The average Bonchev–Trinajstić information content (AvgIpc) is 2.45. The van der Waals surface area contributed by atoms with E-state index in [-0.39, 0.29) is 4.90 Å². The van der Waals surface area contributed by atoms with E-state index in [1.807, 2.05) is 16.9 Å². The van der Waals surface area contributed by atoms with Crippen LogP contribution in [-0.4, -0.2) is 39.2 Å². The number of hydrogen-bond acceptors (Lipinski definition) is 4. The second-order valence-electron chi connectivity index (χ2n) is 5.00. The second-order valence-corrected chi connectivity index (χ2v) is 6.68. The molecular formula is C15H16N2O4S. The molecule has 0 unspecified atom stereocenters. The molecule has 22 heavy (non-hydrogen) atoms. The maximum atomic E-state index is 12.2. The summed E-state index contributed by atoms with van der Waals surface area (Å²) >= 11 is 0. The number of nitrogens with one attached hydrogen (secondary N) is 1. The van der Waals surface area contributed by atoms with Crippen LogP contribution in [0.2, 0.25) is 0 Å². The van der Waals surface area contributed by atoms with Crippen molar-refractivity contribution in [2.24, 2.45) is 0 Å². The van der Waals surface area contributed by atoms with E-state index in [0.29, 0.717) is 0 Å². The molecule has 2 amide bonds. The summed E-state index contributed by atoms with van der Waals surface area (Å²) in [5.41, 5.74) is 0. The quantitative estimate of drug-likeness (QED) is 0.856. The molecule has 6 nitrogen and oxygen atoms in total. The molecule has 0 saturated heterocycles. The van der Waals surface area contributed by atoms with Crippen molar-refractivity contribution in [2.75, 3.05) is 14.1 Å². The largest absolute Gasteiger partial charge is 0.348 e. The van der Waals surface area contributed by atoms with Crippen LogP contribution in [0.4, 0.5) is 0 Å². The van der Waals surface area contributed by atoms with Crippen LogP contribution in [0.3, 0.4) is 0 Å². The van der Waals surface area contributed by atoms with Crippen LogP contribution in [-0.2, 0) is 19.6 Å². The van der Waals surface area contributed by atoms with Gasteiger partial charge in [-0.05, 0) is 22.9 Å². The Morgan fingerprint density at radius 3 is 2.32 bits per heavy atom. The van der Waals surface area contributed by atoms with Gasteiger partial charge in [-0.2, -0.15) is 0 Å². The number of carbonyl (C=O) groups excluding carboxylic acids is 2. The Labute approximate surface area is 128 Å². The third kappa shape index (κ3) is 3.62. The monoisotopic (exact) mass is 320 g/mol. The summed E-state index contributed by atoms with van der Waals surface area (Å²) < 4.78 is 26.3. The van der Waals surface area contributed by atoms with Gasteiger partial charge in [0.15, 0.2) is 0 Å². The second kappa shape index (κ2) is 6.15. The van der Waals surface area contributed by atoms with Crippen LogP contribution in [0.1, 0.15) is 6.42 Å². The van der Waals surface area contributed by atoms with Crippen molar-refractivity contribution in [3.8, 4) is 0 Å². The minimum absolute atomic E-state index is 0.0168. The number of fused-ring (bicyclic) bond motifs is 1. The average molecular weight is 320 g/mol. The molecule has 2 aromatic carbocycles. The topological polar surface area (TPSA) is 83.6 Å². The first-order valence-electron chi connectivity index (χ1n) is 6.54. The molecule has 0 aliphatic heterocycles. The highest BCUT2D eigenvalue weighted by atomic mass is 32.2. The standard InChI is InChI=1S/C15H16N2O4S/c1-17(2)15(19)10-14(18)16-22(20,21)13-8-7-11-5-3-4-6-12(11)9-13/h3-9H,10H2,1-2H3,(H,16,18). The molecule has 7 heteroatoms. The maximum Gasteiger partial charge on any atom is 0.264 e. The summed E-state index contributed by atoms with van der Waals surface area (Å²) in [7, 11) is -1.01. The fraction of sp³-hybridized carbons (Fsp3) is 0.200. The van der Waals surface area contributed by atoms with Gasteiger partial charge < -0.3 is 4.90 Å². The Morgan fingerprint density at radius 2 is 1.68 bits per heavy atom. The molecular weight excluding hydrogens is 304 g/mol. The zero-order valence-corrected chi connectivity index (χ0v) is 13.1. The van der Waals surface area contributed by atoms with Gasteiger partial charge in [-0.3, -0.25) is 9.59 Å². The van der Waals surface area contributed by atoms with E-state index < -0.39 is 28.3 Å². The first-order valence-corrected chi connectivity index (χ1v) is 8.02. The Kier molecular flexibility index (Phi) is 4.46. The zero-order chi connectivity index (χ0) is 16.3. The van der Waals surface area contributed by atoms with Crippen LogP contribution in [0.15, 0.2) is 47.4 Å². The normalized spacial score (nSPS) is 11.2. The molecule has 1 N–H and O–H groups in total. The summed E-state index contributed by atoms with van der Waals surface area (Å²) in [6.07, 6.45) is -0.514. The molecule has 0 saturated carbocycles. The van der Waals surface area contributed by atoms with Gasteiger partial charge in [0.05, 0.1) is 4.90 Å². The third-order valence-corrected chi connectivity index (χ3v) is 4.46. The van der Waals surface area contributed by atoms with E-state index in [0.717, 1.165) is 10.8 Å². The first-order chi connectivity index (χ1) is 10.3. The van der Waals surface area contributed by atoms with Gasteiger partial charge in [-0.25, -0.2) is 13.1 Å². The summed E-state index contributed by atoms with van der Waals surface area (Å²) in [5, 5.41) is 1.65. The highest BCUT2D eigenvalue weighted by Gasteiger charge is 2.20. The molecule has 0 spiro atoms. The minimum atomic E-state index is -3.99. The van der Waals surface area contributed by atoms with Gasteiger partial charge in [0.2, 0.25) is 11.8 Å². The number of nitrogens with zero attached hydrogens (tertiary/aromatic N) is 1. The number of rotatable bonds is 4. The van der Waals surface area contributed by atoms with Crippen molar-refractivity contribution in [1.29, 1.82) is 0 Å². The van der Waals surface area contributed by atoms with Crippen LogP contribution in [0.5, 0.6) is 0 Å². The predicted octanol–water partition coefficient (Wildman–Crippen LogP) is 1.12. The van der Waals surface area contributed by atoms with E-state index in [1.165, 1.54) is 31.1 Å². The molecule has 0 atom stereocenters. The first kappa shape index (κ1) is 16.0. The van der Waals surface area contributed by atoms with Crippen LogP contribution in [0, 0.1) is 0 Å². The molecule has 2 aromatic rings. The molecule has 0 radical (unpaired) electrons. The predicted molar refractivity (Wildman–Crippen MR) is 82.6 cm³/mol. The SMILES string of the molecule is CN(C)C(=O)CC(=O)NS(=O)(=O)c1ccc2ccccc2c1. The number of hydrogen-bond donors (Lipinski definition) is 1. The lowest BCUT2D eigenvalue weighted by Gasteiger charge is -2.11. The fourth-order valence-electron chi connectivity index (χ4n) is 1.87.